The topological polar surface area (TPSA) is 143 Å². The van der Waals surface area contributed by atoms with E-state index in [4.69, 9.17) is 9.84 Å². The number of hydrogen-bond acceptors (Lipinski definition) is 7. The van der Waals surface area contributed by atoms with Crippen molar-refractivity contribution in [2.45, 2.75) is 25.5 Å². The van der Waals surface area contributed by atoms with Gasteiger partial charge in [-0.2, -0.15) is 0 Å². The minimum absolute atomic E-state index is 0.0277. The normalized spacial score (nSPS) is 14.5. The van der Waals surface area contributed by atoms with Gasteiger partial charge in [-0.3, -0.25) is 23.9 Å². The number of halogens is 1. The molecule has 0 saturated heterocycles. The Labute approximate surface area is 193 Å². The summed E-state index contributed by atoms with van der Waals surface area (Å²) in [5.74, 6) is -2.11. The molecule has 2 amide bonds. The lowest BCUT2D eigenvalue weighted by Gasteiger charge is -2.28. The van der Waals surface area contributed by atoms with Crippen LogP contribution in [0, 0.1) is 5.82 Å². The molecule has 0 bridgehead atoms. The zero-order valence-electron chi connectivity index (χ0n) is 18.3. The second kappa shape index (κ2) is 9.48. The Bertz CT molecular complexity index is 1320. The molecule has 34 heavy (non-hydrogen) atoms. The maximum absolute atomic E-state index is 13.3. The van der Waals surface area contributed by atoms with Gasteiger partial charge >= 0.3 is 0 Å². The Morgan fingerprint density at radius 2 is 2.03 bits per heavy atom. The van der Waals surface area contributed by atoms with Gasteiger partial charge in [0.15, 0.2) is 17.6 Å². The predicted molar refractivity (Wildman–Crippen MR) is 119 cm³/mol. The number of amides is 2. The number of hydrogen-bond donors (Lipinski definition) is 4. The molecular weight excluding hydrogens is 447 g/mol. The SMILES string of the molecule is CNC(=O)[C@@H]1Cn2c(=O)c(C(=O)NCCCO)c(O)c3ncc(Cc4ccc(F)cc4)c(c32)O1. The zero-order valence-corrected chi connectivity index (χ0v) is 18.3. The minimum Gasteiger partial charge on any atom is -0.505 e. The molecular formula is C23H23FN4O6. The van der Waals surface area contributed by atoms with E-state index < -0.39 is 34.8 Å². The van der Waals surface area contributed by atoms with Gasteiger partial charge in [-0.1, -0.05) is 12.1 Å². The van der Waals surface area contributed by atoms with Crippen molar-refractivity contribution in [2.75, 3.05) is 20.2 Å². The van der Waals surface area contributed by atoms with Crippen LogP contribution in [-0.4, -0.2) is 57.9 Å². The van der Waals surface area contributed by atoms with E-state index in [0.29, 0.717) is 5.56 Å². The van der Waals surface area contributed by atoms with E-state index in [0.717, 1.165) is 5.56 Å². The van der Waals surface area contributed by atoms with Crippen molar-refractivity contribution < 1.29 is 28.9 Å². The first-order valence-corrected chi connectivity index (χ1v) is 10.6. The van der Waals surface area contributed by atoms with Crippen molar-refractivity contribution in [3.05, 3.63) is 63.3 Å². The molecule has 3 aromatic rings. The van der Waals surface area contributed by atoms with Crippen LogP contribution in [-0.2, 0) is 17.8 Å². The summed E-state index contributed by atoms with van der Waals surface area (Å²) in [7, 11) is 1.43. The average molecular weight is 470 g/mol. The standard InChI is InChI=1S/C23H23FN4O6/c1-25-21(31)15-11-28-18-17(19(30)16(23(28)33)22(32)26-7-2-8-29)27-10-13(20(18)34-15)9-12-3-5-14(24)6-4-12/h3-6,10,15,29-30H,2,7-9,11H2,1H3,(H,25,31)(H,26,32)/t15-/m0/s1. The number of benzene rings is 1. The lowest BCUT2D eigenvalue weighted by molar-refractivity contribution is -0.128. The largest absolute Gasteiger partial charge is 0.505 e. The zero-order chi connectivity index (χ0) is 24.4. The average Bonchev–Trinajstić information content (AvgIpc) is 2.84. The summed E-state index contributed by atoms with van der Waals surface area (Å²) < 4.78 is 20.5. The van der Waals surface area contributed by atoms with E-state index in [1.807, 2.05) is 0 Å². The van der Waals surface area contributed by atoms with Crippen LogP contribution in [0.15, 0.2) is 35.3 Å². The van der Waals surface area contributed by atoms with Gasteiger partial charge in [0.05, 0.1) is 6.54 Å². The molecule has 0 radical (unpaired) electrons. The molecule has 11 heteroatoms. The molecule has 3 heterocycles. The fourth-order valence-corrected chi connectivity index (χ4v) is 3.87. The Hall–Kier alpha value is -3.99. The molecule has 0 saturated carbocycles. The highest BCUT2D eigenvalue weighted by Gasteiger charge is 2.34. The molecule has 10 nitrogen and oxygen atoms in total. The lowest BCUT2D eigenvalue weighted by atomic mass is 10.0. The number of aliphatic hydroxyl groups is 1. The van der Waals surface area contributed by atoms with E-state index in [1.165, 1.54) is 29.9 Å². The van der Waals surface area contributed by atoms with Gasteiger partial charge in [-0.15, -0.1) is 0 Å². The first kappa shape index (κ1) is 23.2. The Morgan fingerprint density at radius 3 is 2.71 bits per heavy atom. The highest BCUT2D eigenvalue weighted by molar-refractivity contribution is 6.02. The van der Waals surface area contributed by atoms with Gasteiger partial charge < -0.3 is 25.6 Å². The summed E-state index contributed by atoms with van der Waals surface area (Å²) in [6, 6.07) is 5.81. The number of carbonyl (C=O) groups excluding carboxylic acids is 2. The second-order valence-corrected chi connectivity index (χ2v) is 7.81. The summed E-state index contributed by atoms with van der Waals surface area (Å²) in [6.45, 7) is -0.243. The molecule has 1 aromatic carbocycles. The second-order valence-electron chi connectivity index (χ2n) is 7.81. The number of rotatable bonds is 7. The maximum Gasteiger partial charge on any atom is 0.268 e. The van der Waals surface area contributed by atoms with Crippen molar-refractivity contribution >= 4 is 22.8 Å². The van der Waals surface area contributed by atoms with E-state index in [2.05, 4.69) is 15.6 Å². The van der Waals surface area contributed by atoms with Gasteiger partial charge in [0.25, 0.3) is 17.4 Å². The number of pyridine rings is 2. The number of aliphatic hydroxyl groups excluding tert-OH is 1. The molecule has 2 aromatic heterocycles. The number of aromatic hydroxyl groups is 1. The smallest absolute Gasteiger partial charge is 0.268 e. The molecule has 1 atom stereocenters. The van der Waals surface area contributed by atoms with E-state index >= 15 is 0 Å². The fourth-order valence-electron chi connectivity index (χ4n) is 3.87. The van der Waals surface area contributed by atoms with Crippen LogP contribution in [0.3, 0.4) is 0 Å². The molecule has 0 unspecified atom stereocenters. The molecule has 1 aliphatic heterocycles. The van der Waals surface area contributed by atoms with Crippen LogP contribution in [0.25, 0.3) is 11.0 Å². The van der Waals surface area contributed by atoms with Crippen LogP contribution < -0.4 is 20.9 Å². The summed E-state index contributed by atoms with van der Waals surface area (Å²) >= 11 is 0. The third kappa shape index (κ3) is 4.17. The molecule has 1 aliphatic rings. The van der Waals surface area contributed by atoms with Gasteiger partial charge in [0, 0.05) is 38.4 Å². The van der Waals surface area contributed by atoms with Gasteiger partial charge in [0.1, 0.15) is 22.4 Å². The number of nitrogens with one attached hydrogen (secondary N) is 2. The number of ether oxygens (including phenoxy) is 1. The van der Waals surface area contributed by atoms with E-state index in [1.54, 1.807) is 12.1 Å². The summed E-state index contributed by atoms with van der Waals surface area (Å²) in [5, 5.41) is 24.7. The monoisotopic (exact) mass is 470 g/mol. The van der Waals surface area contributed by atoms with E-state index in [9.17, 15) is 23.9 Å². The quantitative estimate of drug-likeness (QED) is 0.367. The third-order valence-electron chi connectivity index (χ3n) is 5.57. The molecule has 4 N–H and O–H groups in total. The maximum atomic E-state index is 13.3. The van der Waals surface area contributed by atoms with Crippen molar-refractivity contribution in [1.82, 2.24) is 20.2 Å². The lowest BCUT2D eigenvalue weighted by Crippen LogP contribution is -2.45. The Balaban J connectivity index is 1.88. The first-order valence-electron chi connectivity index (χ1n) is 10.6. The number of carbonyl (C=O) groups is 2. The van der Waals surface area contributed by atoms with E-state index in [-0.39, 0.29) is 55.1 Å². The molecule has 0 fully saturated rings. The minimum atomic E-state index is -1.07. The molecule has 0 aliphatic carbocycles. The van der Waals surface area contributed by atoms with Crippen molar-refractivity contribution in [3.63, 3.8) is 0 Å². The van der Waals surface area contributed by atoms with Gasteiger partial charge in [-0.05, 0) is 24.1 Å². The summed E-state index contributed by atoms with van der Waals surface area (Å²) in [5.41, 5.74) is 0.0792. The fraction of sp³-hybridized carbons (Fsp3) is 0.304. The Morgan fingerprint density at radius 1 is 1.29 bits per heavy atom. The third-order valence-corrected chi connectivity index (χ3v) is 5.57. The molecule has 178 valence electrons. The van der Waals surface area contributed by atoms with Gasteiger partial charge in [0.2, 0.25) is 0 Å². The molecule has 4 rings (SSSR count). The van der Waals surface area contributed by atoms with Crippen LogP contribution in [0.2, 0.25) is 0 Å². The number of aromatic nitrogens is 2. The first-order chi connectivity index (χ1) is 16.3. The van der Waals surface area contributed by atoms with Crippen LogP contribution >= 0.6 is 0 Å². The predicted octanol–water partition coefficient (Wildman–Crippen LogP) is 0.451. The highest BCUT2D eigenvalue weighted by atomic mass is 19.1. The van der Waals surface area contributed by atoms with Crippen molar-refractivity contribution in [3.8, 4) is 11.5 Å². The summed E-state index contributed by atoms with van der Waals surface area (Å²) in [6.07, 6.45) is 0.894. The summed E-state index contributed by atoms with van der Waals surface area (Å²) in [4.78, 5) is 42.6. The number of likely N-dealkylation sites (N-methyl/N-ethyl adjacent to an activating group) is 1. The van der Waals surface area contributed by atoms with Crippen molar-refractivity contribution in [2.24, 2.45) is 0 Å². The Kier molecular flexibility index (Phi) is 6.46. The number of nitrogens with zero attached hydrogens (tertiary/aromatic N) is 2. The van der Waals surface area contributed by atoms with Crippen LogP contribution in [0.5, 0.6) is 11.5 Å². The van der Waals surface area contributed by atoms with Crippen LogP contribution in [0.4, 0.5) is 4.39 Å². The van der Waals surface area contributed by atoms with Gasteiger partial charge in [-0.25, -0.2) is 4.39 Å². The van der Waals surface area contributed by atoms with Crippen molar-refractivity contribution in [1.29, 1.82) is 0 Å². The van der Waals surface area contributed by atoms with Crippen LogP contribution in [0.1, 0.15) is 27.9 Å². The highest BCUT2D eigenvalue weighted by Crippen LogP contribution is 2.37. The molecule has 0 spiro atoms.